The van der Waals surface area contributed by atoms with Crippen molar-refractivity contribution in [3.63, 3.8) is 0 Å². The lowest BCUT2D eigenvalue weighted by molar-refractivity contribution is 0.0601. The largest absolute Gasteiger partial charge is 0.488 e. The van der Waals surface area contributed by atoms with Gasteiger partial charge in [0, 0.05) is 36.6 Å². The van der Waals surface area contributed by atoms with E-state index in [2.05, 4.69) is 58.0 Å². The van der Waals surface area contributed by atoms with E-state index in [9.17, 15) is 9.90 Å². The van der Waals surface area contributed by atoms with Gasteiger partial charge in [0.25, 0.3) is 0 Å². The standard InChI is InChI=1S/C16H12BrClN2O2.C15H12BrClN2O.C7H8BBrO2.5CH4/c1-9-12(17)4-3-5-14(9)20-8-11-6-10(16(21)22-2)7-13(18)15(11)19-20;1-9-12(16)3-2-4-14(9)19-7-11-5-10(8-20)6-13(17)15(11)18-19;1-5-6(8(10)11)3-2-4-7(5)9;;;;;/h3-8H,1-2H3;2-7,20H,8H2,1H3;2-4,10-11H,1H3;5*1H4. The van der Waals surface area contributed by atoms with Gasteiger partial charge in [-0.3, -0.25) is 0 Å². The Hall–Kier alpha value is -3.53. The maximum atomic E-state index is 11.7. The molecule has 0 amide bonds. The average Bonchev–Trinajstić information content (AvgIpc) is 3.77. The number of carbonyl (C=O) groups is 1. The fourth-order valence-electron chi connectivity index (χ4n) is 5.41. The van der Waals surface area contributed by atoms with Gasteiger partial charge in [-0.15, -0.1) is 0 Å². The third-order valence-electron chi connectivity index (χ3n) is 8.35. The zero-order chi connectivity index (χ0) is 38.6. The van der Waals surface area contributed by atoms with Crippen LogP contribution >= 0.6 is 71.0 Å². The number of aliphatic hydroxyl groups is 1. The molecular weight excluding hydrogens is 974 g/mol. The van der Waals surface area contributed by atoms with Crippen LogP contribution < -0.4 is 5.46 Å². The van der Waals surface area contributed by atoms with Gasteiger partial charge >= 0.3 is 13.1 Å². The molecule has 0 saturated heterocycles. The molecule has 9 nitrogen and oxygen atoms in total. The van der Waals surface area contributed by atoms with Crippen molar-refractivity contribution in [1.82, 2.24) is 19.6 Å². The first-order chi connectivity index (χ1) is 25.2. The van der Waals surface area contributed by atoms with E-state index in [1.54, 1.807) is 35.0 Å². The van der Waals surface area contributed by atoms with Crippen molar-refractivity contribution < 1.29 is 24.7 Å². The lowest BCUT2D eigenvalue weighted by Crippen LogP contribution is -2.32. The predicted molar refractivity (Wildman–Crippen MR) is 257 cm³/mol. The minimum Gasteiger partial charge on any atom is -0.465 e. The number of methoxy groups -OCH3 is 1. The number of rotatable bonds is 5. The second-order valence-corrected chi connectivity index (χ2v) is 15.2. The summed E-state index contributed by atoms with van der Waals surface area (Å²) in [6.45, 7) is 5.84. The second kappa shape index (κ2) is 23.9. The molecule has 0 aliphatic heterocycles. The summed E-state index contributed by atoms with van der Waals surface area (Å²) in [5.74, 6) is -0.421. The van der Waals surface area contributed by atoms with Crippen LogP contribution in [0.2, 0.25) is 10.0 Å². The van der Waals surface area contributed by atoms with Gasteiger partial charge in [-0.2, -0.15) is 10.2 Å². The minimum absolute atomic E-state index is 0. The molecule has 0 bridgehead atoms. The molecular formula is C43H52BBr3Cl2N4O5. The summed E-state index contributed by atoms with van der Waals surface area (Å²) >= 11 is 22.8. The second-order valence-electron chi connectivity index (χ2n) is 11.8. The number of fused-ring (bicyclic) bond motifs is 2. The molecule has 15 heteroatoms. The maximum Gasteiger partial charge on any atom is 0.488 e. The van der Waals surface area contributed by atoms with Crippen molar-refractivity contribution in [1.29, 1.82) is 0 Å². The summed E-state index contributed by atoms with van der Waals surface area (Å²) < 4.78 is 11.3. The van der Waals surface area contributed by atoms with Gasteiger partial charge in [0.2, 0.25) is 0 Å². The van der Waals surface area contributed by atoms with E-state index in [-0.39, 0.29) is 43.7 Å². The van der Waals surface area contributed by atoms with Gasteiger partial charge in [0.05, 0.1) is 40.7 Å². The van der Waals surface area contributed by atoms with Gasteiger partial charge in [-0.1, -0.05) is 132 Å². The monoisotopic (exact) mass is 1020 g/mol. The summed E-state index contributed by atoms with van der Waals surface area (Å²) in [7, 11) is -0.0400. The Balaban J connectivity index is 0.000000843. The molecule has 5 aromatic carbocycles. The lowest BCUT2D eigenvalue weighted by Gasteiger charge is -2.06. The van der Waals surface area contributed by atoms with Crippen LogP contribution in [0.3, 0.4) is 0 Å². The predicted octanol–water partition coefficient (Wildman–Crippen LogP) is 12.4. The lowest BCUT2D eigenvalue weighted by atomic mass is 9.77. The van der Waals surface area contributed by atoms with Crippen molar-refractivity contribution in [2.75, 3.05) is 7.11 Å². The van der Waals surface area contributed by atoms with Crippen LogP contribution in [0, 0.1) is 20.8 Å². The van der Waals surface area contributed by atoms with Crippen LogP contribution in [0.25, 0.3) is 33.2 Å². The SMILES string of the molecule is C.C.C.C.C.COC(=O)c1cc(Cl)c2nn(-c3cccc(Br)c3C)cc2c1.Cc1c(Br)cccc1-n1cc2cc(CO)cc(Cl)c2n1.Cc1c(Br)cccc1B(O)O. The number of hydrogen-bond donors (Lipinski definition) is 3. The molecule has 7 aromatic rings. The van der Waals surface area contributed by atoms with Gasteiger partial charge in [-0.25, -0.2) is 14.2 Å². The van der Waals surface area contributed by atoms with Gasteiger partial charge in [0.15, 0.2) is 0 Å². The topological polar surface area (TPSA) is 123 Å². The van der Waals surface area contributed by atoms with Crippen molar-refractivity contribution in [3.8, 4) is 11.4 Å². The Morgan fingerprint density at radius 3 is 1.55 bits per heavy atom. The average molecular weight is 1030 g/mol. The van der Waals surface area contributed by atoms with Crippen molar-refractivity contribution in [2.24, 2.45) is 0 Å². The Kier molecular flexibility index (Phi) is 22.5. The summed E-state index contributed by atoms with van der Waals surface area (Å²) in [6, 6.07) is 24.1. The van der Waals surface area contributed by atoms with Crippen LogP contribution in [-0.4, -0.2) is 54.9 Å². The first-order valence-electron chi connectivity index (χ1n) is 15.9. The molecule has 7 rings (SSSR count). The molecule has 58 heavy (non-hydrogen) atoms. The number of aromatic nitrogens is 4. The fraction of sp³-hybridized carbons (Fsp3) is 0.233. The van der Waals surface area contributed by atoms with Crippen molar-refractivity contribution in [2.45, 2.75) is 64.5 Å². The highest BCUT2D eigenvalue weighted by atomic mass is 79.9. The molecule has 312 valence electrons. The summed E-state index contributed by atoms with van der Waals surface area (Å²) in [5.41, 5.74) is 8.11. The quantitative estimate of drug-likeness (QED) is 0.116. The third kappa shape index (κ3) is 12.3. The molecule has 0 aliphatic rings. The van der Waals surface area contributed by atoms with Crippen LogP contribution in [0.5, 0.6) is 0 Å². The first kappa shape index (κ1) is 54.5. The molecule has 0 unspecified atom stereocenters. The first-order valence-corrected chi connectivity index (χ1v) is 19.1. The number of benzene rings is 5. The summed E-state index contributed by atoms with van der Waals surface area (Å²) in [5, 5.41) is 38.7. The Morgan fingerprint density at radius 1 is 0.690 bits per heavy atom. The molecule has 2 heterocycles. The van der Waals surface area contributed by atoms with E-state index in [0.717, 1.165) is 63.3 Å². The van der Waals surface area contributed by atoms with E-state index in [1.807, 2.05) is 86.4 Å². The fourth-order valence-corrected chi connectivity index (χ4v) is 7.05. The number of halogens is 5. The summed E-state index contributed by atoms with van der Waals surface area (Å²) in [6.07, 6.45) is 3.78. The Morgan fingerprint density at radius 2 is 1.12 bits per heavy atom. The number of hydrogen-bond acceptors (Lipinski definition) is 7. The van der Waals surface area contributed by atoms with Gasteiger partial charge in [0.1, 0.15) is 11.0 Å². The normalized spacial score (nSPS) is 9.86. The smallest absolute Gasteiger partial charge is 0.465 e. The van der Waals surface area contributed by atoms with Crippen LogP contribution in [-0.2, 0) is 11.3 Å². The molecule has 3 N–H and O–H groups in total. The van der Waals surface area contributed by atoms with E-state index >= 15 is 0 Å². The van der Waals surface area contributed by atoms with Gasteiger partial charge in [-0.05, 0) is 103 Å². The number of aliphatic hydroxyl groups excluding tert-OH is 1. The molecule has 0 fully saturated rings. The highest BCUT2D eigenvalue weighted by molar-refractivity contribution is 9.11. The molecule has 0 atom stereocenters. The van der Waals surface area contributed by atoms with Crippen molar-refractivity contribution in [3.05, 3.63) is 143 Å². The number of nitrogens with zero attached hydrogens (tertiary/aromatic N) is 4. The van der Waals surface area contributed by atoms with E-state index in [4.69, 9.17) is 38.0 Å². The zero-order valence-electron chi connectivity index (χ0n) is 28.8. The van der Waals surface area contributed by atoms with Gasteiger partial charge < -0.3 is 19.9 Å². The zero-order valence-corrected chi connectivity index (χ0v) is 35.1. The van der Waals surface area contributed by atoms with E-state index in [0.29, 0.717) is 26.6 Å². The minimum atomic E-state index is -1.38. The molecule has 0 spiro atoms. The molecule has 0 saturated carbocycles. The molecule has 0 radical (unpaired) electrons. The Bertz CT molecular complexity index is 2460. The number of ether oxygens (including phenoxy) is 1. The van der Waals surface area contributed by atoms with E-state index in [1.165, 1.54) is 7.11 Å². The third-order valence-corrected chi connectivity index (χ3v) is 11.5. The molecule has 0 aliphatic carbocycles. The van der Waals surface area contributed by atoms with Crippen LogP contribution in [0.15, 0.2) is 105 Å². The Labute approximate surface area is 378 Å². The highest BCUT2D eigenvalue weighted by Crippen LogP contribution is 2.30. The number of carbonyl (C=O) groups excluding carboxylic acids is 1. The maximum absolute atomic E-state index is 11.7. The highest BCUT2D eigenvalue weighted by Gasteiger charge is 2.16. The molecule has 2 aromatic heterocycles. The van der Waals surface area contributed by atoms with E-state index < -0.39 is 13.1 Å². The van der Waals surface area contributed by atoms with Crippen LogP contribution in [0.1, 0.15) is 69.7 Å². The van der Waals surface area contributed by atoms with Crippen LogP contribution in [0.4, 0.5) is 0 Å². The number of esters is 1. The summed E-state index contributed by atoms with van der Waals surface area (Å²) in [4.78, 5) is 11.7. The van der Waals surface area contributed by atoms with Crippen molar-refractivity contribution >= 4 is 111 Å².